The topological polar surface area (TPSA) is 33.4 Å². The lowest BCUT2D eigenvalue weighted by Gasteiger charge is -2.06. The van der Waals surface area contributed by atoms with E-state index >= 15 is 0 Å². The van der Waals surface area contributed by atoms with E-state index in [2.05, 4.69) is 0 Å². The Morgan fingerprint density at radius 1 is 1.58 bits per heavy atom. The molecule has 1 aromatic heterocycles. The van der Waals surface area contributed by atoms with Crippen LogP contribution in [0.5, 0.6) is 0 Å². The maximum Gasteiger partial charge on any atom is 0.0935 e. The van der Waals surface area contributed by atoms with Gasteiger partial charge in [-0.05, 0) is 24.0 Å². The number of hydrogen-bond donors (Lipinski definition) is 1. The second-order valence-corrected chi connectivity index (χ2v) is 3.67. The molecule has 1 heterocycles. The van der Waals surface area contributed by atoms with Crippen molar-refractivity contribution in [2.45, 2.75) is 31.8 Å². The molecule has 0 saturated heterocycles. The van der Waals surface area contributed by atoms with Crippen LogP contribution < -0.4 is 0 Å². The average Bonchev–Trinajstić information content (AvgIpc) is 2.66. The Morgan fingerprint density at radius 3 is 3.00 bits per heavy atom. The van der Waals surface area contributed by atoms with E-state index in [0.717, 1.165) is 24.3 Å². The molecule has 0 aromatic carbocycles. The molecular weight excluding hydrogens is 152 g/mol. The van der Waals surface area contributed by atoms with Gasteiger partial charge in [-0.25, -0.2) is 0 Å². The normalized spacial score (nSPS) is 19.4. The smallest absolute Gasteiger partial charge is 0.0935 e. The molecule has 1 aromatic rings. The monoisotopic (exact) mass is 166 g/mol. The summed E-state index contributed by atoms with van der Waals surface area (Å²) in [6.45, 7) is 0. The number of aliphatic hydroxyl groups is 1. The zero-order valence-corrected chi connectivity index (χ0v) is 7.07. The van der Waals surface area contributed by atoms with Crippen LogP contribution in [0.2, 0.25) is 0 Å². The van der Waals surface area contributed by atoms with Gasteiger partial charge in [0.15, 0.2) is 0 Å². The lowest BCUT2D eigenvalue weighted by molar-refractivity contribution is 0.158. The molecule has 0 aliphatic heterocycles. The zero-order valence-electron chi connectivity index (χ0n) is 7.07. The number of hydrogen-bond acceptors (Lipinski definition) is 2. The van der Waals surface area contributed by atoms with Crippen LogP contribution in [0.3, 0.4) is 0 Å². The summed E-state index contributed by atoms with van der Waals surface area (Å²) in [6, 6.07) is 1.91. The Hall–Kier alpha value is -0.760. The van der Waals surface area contributed by atoms with Crippen molar-refractivity contribution in [3.05, 3.63) is 24.2 Å². The van der Waals surface area contributed by atoms with Gasteiger partial charge in [0.05, 0.1) is 18.6 Å². The fourth-order valence-electron chi connectivity index (χ4n) is 1.50. The van der Waals surface area contributed by atoms with Crippen LogP contribution in [0.4, 0.5) is 0 Å². The summed E-state index contributed by atoms with van der Waals surface area (Å²) < 4.78 is 4.92. The molecule has 2 nitrogen and oxygen atoms in total. The van der Waals surface area contributed by atoms with Crippen LogP contribution in [-0.4, -0.2) is 11.2 Å². The zero-order chi connectivity index (χ0) is 8.39. The van der Waals surface area contributed by atoms with Crippen molar-refractivity contribution in [2.24, 2.45) is 5.92 Å². The molecule has 66 valence electrons. The van der Waals surface area contributed by atoms with Gasteiger partial charge in [-0.2, -0.15) is 0 Å². The fourth-order valence-corrected chi connectivity index (χ4v) is 1.50. The molecular formula is C10H14O2. The van der Waals surface area contributed by atoms with Gasteiger partial charge in [0.2, 0.25) is 0 Å². The Kier molecular flexibility index (Phi) is 2.17. The summed E-state index contributed by atoms with van der Waals surface area (Å²) in [4.78, 5) is 0. The molecule has 1 aliphatic carbocycles. The minimum absolute atomic E-state index is 0.171. The quantitative estimate of drug-likeness (QED) is 0.742. The molecule has 0 spiro atoms. The highest BCUT2D eigenvalue weighted by molar-refractivity contribution is 5.06. The van der Waals surface area contributed by atoms with Crippen molar-refractivity contribution in [3.8, 4) is 0 Å². The Bertz CT molecular complexity index is 224. The summed E-state index contributed by atoms with van der Waals surface area (Å²) >= 11 is 0. The third-order valence-electron chi connectivity index (χ3n) is 2.35. The van der Waals surface area contributed by atoms with E-state index in [0.29, 0.717) is 0 Å². The van der Waals surface area contributed by atoms with Gasteiger partial charge < -0.3 is 9.52 Å². The predicted molar refractivity (Wildman–Crippen MR) is 45.8 cm³/mol. The van der Waals surface area contributed by atoms with Gasteiger partial charge in [-0.15, -0.1) is 0 Å². The Morgan fingerprint density at radius 2 is 2.42 bits per heavy atom. The molecule has 0 amide bonds. The van der Waals surface area contributed by atoms with Gasteiger partial charge in [0.25, 0.3) is 0 Å². The summed E-state index contributed by atoms with van der Waals surface area (Å²) in [7, 11) is 0. The van der Waals surface area contributed by atoms with E-state index in [9.17, 15) is 5.11 Å². The number of aliphatic hydroxyl groups excluding tert-OH is 1. The van der Waals surface area contributed by atoms with E-state index in [1.807, 2.05) is 6.07 Å². The van der Waals surface area contributed by atoms with Crippen molar-refractivity contribution < 1.29 is 9.52 Å². The molecule has 1 fully saturated rings. The molecule has 2 heteroatoms. The number of rotatable bonds is 4. The standard InChI is InChI=1S/C10H14O2/c11-10(5-8-1-2-8)6-9-3-4-12-7-9/h3-4,7-8,10-11H,1-2,5-6H2. The summed E-state index contributed by atoms with van der Waals surface area (Å²) in [5.41, 5.74) is 1.10. The predicted octanol–water partition coefficient (Wildman–Crippen LogP) is 1.98. The highest BCUT2D eigenvalue weighted by atomic mass is 16.3. The van der Waals surface area contributed by atoms with E-state index in [1.54, 1.807) is 12.5 Å². The molecule has 2 rings (SSSR count). The Balaban J connectivity index is 1.77. The van der Waals surface area contributed by atoms with E-state index in [1.165, 1.54) is 12.8 Å². The van der Waals surface area contributed by atoms with E-state index < -0.39 is 0 Å². The lowest BCUT2D eigenvalue weighted by atomic mass is 10.1. The first kappa shape index (κ1) is 7.87. The summed E-state index contributed by atoms with van der Waals surface area (Å²) in [6.07, 6.45) is 7.51. The summed E-state index contributed by atoms with van der Waals surface area (Å²) in [5.74, 6) is 0.798. The van der Waals surface area contributed by atoms with Crippen molar-refractivity contribution in [1.82, 2.24) is 0 Å². The highest BCUT2D eigenvalue weighted by Gasteiger charge is 2.24. The van der Waals surface area contributed by atoms with Crippen LogP contribution in [0.25, 0.3) is 0 Å². The van der Waals surface area contributed by atoms with Gasteiger partial charge >= 0.3 is 0 Å². The van der Waals surface area contributed by atoms with Crippen molar-refractivity contribution in [2.75, 3.05) is 0 Å². The fraction of sp³-hybridized carbons (Fsp3) is 0.600. The Labute approximate surface area is 72.2 Å². The number of furan rings is 1. The molecule has 0 bridgehead atoms. The van der Waals surface area contributed by atoms with Crippen molar-refractivity contribution >= 4 is 0 Å². The first-order valence-corrected chi connectivity index (χ1v) is 4.54. The average molecular weight is 166 g/mol. The van der Waals surface area contributed by atoms with Crippen LogP contribution in [0.1, 0.15) is 24.8 Å². The minimum Gasteiger partial charge on any atom is -0.472 e. The van der Waals surface area contributed by atoms with Gasteiger partial charge in [0.1, 0.15) is 0 Å². The van der Waals surface area contributed by atoms with Crippen molar-refractivity contribution in [3.63, 3.8) is 0 Å². The van der Waals surface area contributed by atoms with Crippen LogP contribution in [0.15, 0.2) is 23.0 Å². The minimum atomic E-state index is -0.171. The molecule has 12 heavy (non-hydrogen) atoms. The third kappa shape index (κ3) is 2.11. The third-order valence-corrected chi connectivity index (χ3v) is 2.35. The first-order chi connectivity index (χ1) is 5.84. The SMILES string of the molecule is OC(Cc1ccoc1)CC1CC1. The molecule has 1 N–H and O–H groups in total. The molecule has 1 atom stereocenters. The lowest BCUT2D eigenvalue weighted by Crippen LogP contribution is -2.10. The van der Waals surface area contributed by atoms with Gasteiger partial charge in [-0.3, -0.25) is 0 Å². The van der Waals surface area contributed by atoms with Gasteiger partial charge in [0, 0.05) is 6.42 Å². The first-order valence-electron chi connectivity index (χ1n) is 4.54. The largest absolute Gasteiger partial charge is 0.472 e. The van der Waals surface area contributed by atoms with E-state index in [-0.39, 0.29) is 6.10 Å². The van der Waals surface area contributed by atoms with Crippen molar-refractivity contribution in [1.29, 1.82) is 0 Å². The maximum atomic E-state index is 9.59. The molecule has 1 saturated carbocycles. The summed E-state index contributed by atoms with van der Waals surface area (Å²) in [5, 5.41) is 9.59. The van der Waals surface area contributed by atoms with Crippen LogP contribution >= 0.6 is 0 Å². The second kappa shape index (κ2) is 3.31. The second-order valence-electron chi connectivity index (χ2n) is 3.67. The van der Waals surface area contributed by atoms with E-state index in [4.69, 9.17) is 4.42 Å². The highest BCUT2D eigenvalue weighted by Crippen LogP contribution is 2.34. The van der Waals surface area contributed by atoms with Crippen LogP contribution in [-0.2, 0) is 6.42 Å². The molecule has 0 radical (unpaired) electrons. The van der Waals surface area contributed by atoms with Gasteiger partial charge in [-0.1, -0.05) is 12.8 Å². The molecule has 1 aliphatic rings. The molecule has 1 unspecified atom stereocenters. The maximum absolute atomic E-state index is 9.59. The van der Waals surface area contributed by atoms with Crippen LogP contribution in [0, 0.1) is 5.92 Å².